The van der Waals surface area contributed by atoms with Gasteiger partial charge in [-0.3, -0.25) is 4.79 Å². The van der Waals surface area contributed by atoms with Gasteiger partial charge in [-0.05, 0) is 17.7 Å². The molecule has 0 saturated carbocycles. The molecule has 0 N–H and O–H groups in total. The molecule has 86 valence electrons. The third kappa shape index (κ3) is 3.14. The molecule has 0 bridgehead atoms. The Bertz CT molecular complexity index is 483. The summed E-state index contributed by atoms with van der Waals surface area (Å²) < 4.78 is 5.13. The second kappa shape index (κ2) is 5.25. The van der Waals surface area contributed by atoms with Gasteiger partial charge in [-0.25, -0.2) is 4.79 Å². The zero-order valence-corrected chi connectivity index (χ0v) is 9.26. The van der Waals surface area contributed by atoms with Crippen LogP contribution in [0.3, 0.4) is 0 Å². The standard InChI is InChI=1S/C14H12O3/c15-13-8-6-12(7-9-13)14(16)17-10-11-4-2-1-3-5-11/h1-8H,9-10H2. The molecule has 0 aromatic heterocycles. The molecule has 1 aromatic rings. The minimum atomic E-state index is -0.391. The fraction of sp³-hybridized carbons (Fsp3) is 0.143. The lowest BCUT2D eigenvalue weighted by atomic mass is 10.1. The van der Waals surface area contributed by atoms with Gasteiger partial charge in [0.25, 0.3) is 0 Å². The Morgan fingerprint density at radius 1 is 1.18 bits per heavy atom. The van der Waals surface area contributed by atoms with Crippen molar-refractivity contribution >= 4 is 11.8 Å². The number of carbonyl (C=O) groups excluding carboxylic acids is 2. The average molecular weight is 228 g/mol. The molecule has 0 atom stereocenters. The first-order valence-corrected chi connectivity index (χ1v) is 5.38. The van der Waals surface area contributed by atoms with Crippen LogP contribution in [-0.2, 0) is 20.9 Å². The van der Waals surface area contributed by atoms with Crippen LogP contribution in [0.2, 0.25) is 0 Å². The van der Waals surface area contributed by atoms with Crippen LogP contribution in [0.5, 0.6) is 0 Å². The van der Waals surface area contributed by atoms with Gasteiger partial charge in [0.2, 0.25) is 0 Å². The highest BCUT2D eigenvalue weighted by molar-refractivity contribution is 6.00. The number of benzene rings is 1. The second-order valence-electron chi connectivity index (χ2n) is 3.72. The molecular weight excluding hydrogens is 216 g/mol. The van der Waals surface area contributed by atoms with Crippen molar-refractivity contribution < 1.29 is 14.3 Å². The van der Waals surface area contributed by atoms with E-state index in [1.165, 1.54) is 12.2 Å². The van der Waals surface area contributed by atoms with Gasteiger partial charge in [0.05, 0.1) is 5.57 Å². The quantitative estimate of drug-likeness (QED) is 0.745. The maximum absolute atomic E-state index is 11.6. The summed E-state index contributed by atoms with van der Waals surface area (Å²) in [5, 5.41) is 0. The number of esters is 1. The number of allylic oxidation sites excluding steroid dienone is 2. The summed E-state index contributed by atoms with van der Waals surface area (Å²) in [6.07, 6.45) is 4.76. The lowest BCUT2D eigenvalue weighted by molar-refractivity contribution is -0.139. The summed E-state index contributed by atoms with van der Waals surface area (Å²) in [7, 11) is 0. The molecule has 1 aromatic carbocycles. The predicted octanol–water partition coefficient (Wildman–Crippen LogP) is 2.19. The molecule has 3 heteroatoms. The van der Waals surface area contributed by atoms with Crippen LogP contribution >= 0.6 is 0 Å². The van der Waals surface area contributed by atoms with Crippen molar-refractivity contribution in [1.82, 2.24) is 0 Å². The molecule has 0 aliphatic heterocycles. The van der Waals surface area contributed by atoms with Crippen molar-refractivity contribution in [2.45, 2.75) is 13.0 Å². The van der Waals surface area contributed by atoms with Crippen molar-refractivity contribution in [3.8, 4) is 0 Å². The van der Waals surface area contributed by atoms with Crippen molar-refractivity contribution in [3.05, 3.63) is 59.7 Å². The molecule has 0 heterocycles. The van der Waals surface area contributed by atoms with Gasteiger partial charge < -0.3 is 4.74 Å². The van der Waals surface area contributed by atoms with Gasteiger partial charge in [-0.2, -0.15) is 0 Å². The van der Waals surface area contributed by atoms with E-state index in [0.717, 1.165) is 5.56 Å². The molecule has 0 unspecified atom stereocenters. The van der Waals surface area contributed by atoms with E-state index in [1.807, 2.05) is 30.3 Å². The first-order chi connectivity index (χ1) is 8.25. The molecule has 0 saturated heterocycles. The Morgan fingerprint density at radius 2 is 1.94 bits per heavy atom. The van der Waals surface area contributed by atoms with Gasteiger partial charge in [-0.15, -0.1) is 0 Å². The van der Waals surface area contributed by atoms with Crippen LogP contribution in [0.1, 0.15) is 12.0 Å². The van der Waals surface area contributed by atoms with Crippen molar-refractivity contribution in [3.63, 3.8) is 0 Å². The maximum Gasteiger partial charge on any atom is 0.338 e. The van der Waals surface area contributed by atoms with Crippen molar-refractivity contribution in [1.29, 1.82) is 0 Å². The molecule has 17 heavy (non-hydrogen) atoms. The molecule has 1 aliphatic rings. The van der Waals surface area contributed by atoms with Crippen LogP contribution in [0.15, 0.2) is 54.1 Å². The zero-order chi connectivity index (χ0) is 12.1. The zero-order valence-electron chi connectivity index (χ0n) is 9.26. The highest BCUT2D eigenvalue weighted by Gasteiger charge is 2.12. The monoisotopic (exact) mass is 228 g/mol. The van der Waals surface area contributed by atoms with E-state index in [2.05, 4.69) is 0 Å². The van der Waals surface area contributed by atoms with E-state index in [1.54, 1.807) is 6.08 Å². The lowest BCUT2D eigenvalue weighted by Crippen LogP contribution is -2.09. The van der Waals surface area contributed by atoms with E-state index < -0.39 is 5.97 Å². The predicted molar refractivity (Wildman–Crippen MR) is 63.1 cm³/mol. The number of ketones is 1. The summed E-state index contributed by atoms with van der Waals surface area (Å²) in [5.41, 5.74) is 1.39. The van der Waals surface area contributed by atoms with E-state index >= 15 is 0 Å². The molecule has 0 amide bonds. The molecule has 1 aliphatic carbocycles. The lowest BCUT2D eigenvalue weighted by Gasteiger charge is -2.07. The fourth-order valence-corrected chi connectivity index (χ4v) is 1.49. The van der Waals surface area contributed by atoms with Crippen LogP contribution in [0, 0.1) is 0 Å². The fourth-order valence-electron chi connectivity index (χ4n) is 1.49. The molecule has 0 radical (unpaired) electrons. The Balaban J connectivity index is 1.90. The largest absolute Gasteiger partial charge is 0.457 e. The number of hydrogen-bond donors (Lipinski definition) is 0. The Morgan fingerprint density at radius 3 is 2.59 bits per heavy atom. The molecule has 2 rings (SSSR count). The van der Waals surface area contributed by atoms with Crippen LogP contribution in [-0.4, -0.2) is 11.8 Å². The average Bonchev–Trinajstić information content (AvgIpc) is 2.38. The van der Waals surface area contributed by atoms with E-state index in [9.17, 15) is 9.59 Å². The number of hydrogen-bond acceptors (Lipinski definition) is 3. The van der Waals surface area contributed by atoms with Gasteiger partial charge in [0.15, 0.2) is 5.78 Å². The van der Waals surface area contributed by atoms with Crippen LogP contribution in [0.4, 0.5) is 0 Å². The number of rotatable bonds is 3. The summed E-state index contributed by atoms with van der Waals surface area (Å²) in [6.45, 7) is 0.249. The topological polar surface area (TPSA) is 43.4 Å². The van der Waals surface area contributed by atoms with Crippen molar-refractivity contribution in [2.24, 2.45) is 0 Å². The smallest absolute Gasteiger partial charge is 0.338 e. The third-order valence-corrected chi connectivity index (χ3v) is 2.42. The molecule has 0 fully saturated rings. The third-order valence-electron chi connectivity index (χ3n) is 2.42. The molecule has 3 nitrogen and oxygen atoms in total. The van der Waals surface area contributed by atoms with Crippen LogP contribution in [0.25, 0.3) is 0 Å². The van der Waals surface area contributed by atoms with Gasteiger partial charge in [0.1, 0.15) is 6.61 Å². The van der Waals surface area contributed by atoms with Gasteiger partial charge >= 0.3 is 5.97 Å². The highest BCUT2D eigenvalue weighted by atomic mass is 16.5. The number of carbonyl (C=O) groups is 2. The number of ether oxygens (including phenoxy) is 1. The maximum atomic E-state index is 11.6. The minimum Gasteiger partial charge on any atom is -0.457 e. The first-order valence-electron chi connectivity index (χ1n) is 5.38. The summed E-state index contributed by atoms with van der Waals surface area (Å²) >= 11 is 0. The van der Waals surface area contributed by atoms with Gasteiger partial charge in [0, 0.05) is 6.42 Å². The first kappa shape index (κ1) is 11.3. The van der Waals surface area contributed by atoms with Gasteiger partial charge in [-0.1, -0.05) is 36.4 Å². The highest BCUT2D eigenvalue weighted by Crippen LogP contribution is 2.10. The van der Waals surface area contributed by atoms with E-state index in [-0.39, 0.29) is 18.8 Å². The Kier molecular flexibility index (Phi) is 3.50. The summed E-state index contributed by atoms with van der Waals surface area (Å²) in [4.78, 5) is 22.6. The minimum absolute atomic E-state index is 0.00427. The molecule has 0 spiro atoms. The van der Waals surface area contributed by atoms with E-state index in [0.29, 0.717) is 5.57 Å². The van der Waals surface area contributed by atoms with Crippen LogP contribution < -0.4 is 0 Å². The van der Waals surface area contributed by atoms with Crippen molar-refractivity contribution in [2.75, 3.05) is 0 Å². The Hall–Kier alpha value is -2.16. The Labute approximate surface area is 99.4 Å². The normalized spacial score (nSPS) is 14.4. The molecular formula is C14H12O3. The second-order valence-corrected chi connectivity index (χ2v) is 3.72. The SMILES string of the molecule is O=C1C=CC(C(=O)OCc2ccccc2)=CC1. The van der Waals surface area contributed by atoms with E-state index in [4.69, 9.17) is 4.74 Å². The summed E-state index contributed by atoms with van der Waals surface area (Å²) in [5.74, 6) is -0.387. The summed E-state index contributed by atoms with van der Waals surface area (Å²) in [6, 6.07) is 9.47.